The summed E-state index contributed by atoms with van der Waals surface area (Å²) in [6.07, 6.45) is 4.21. The Morgan fingerprint density at radius 3 is 2.80 bits per heavy atom. The fourth-order valence-electron chi connectivity index (χ4n) is 4.45. The van der Waals surface area contributed by atoms with Crippen molar-refractivity contribution in [1.29, 1.82) is 0 Å². The van der Waals surface area contributed by atoms with Gasteiger partial charge in [-0.25, -0.2) is 19.9 Å². The van der Waals surface area contributed by atoms with Crippen molar-refractivity contribution in [3.63, 3.8) is 0 Å². The number of fused-ring (bicyclic) bond motifs is 2. The van der Waals surface area contributed by atoms with Crippen LogP contribution in [0.1, 0.15) is 23.4 Å². The first-order chi connectivity index (χ1) is 17.1. The highest BCUT2D eigenvalue weighted by Gasteiger charge is 2.40. The monoisotopic (exact) mass is 488 g/mol. The Morgan fingerprint density at radius 2 is 1.97 bits per heavy atom. The normalized spacial score (nSPS) is 20.9. The van der Waals surface area contributed by atoms with E-state index in [0.29, 0.717) is 31.3 Å². The maximum Gasteiger partial charge on any atom is 0.289 e. The third kappa shape index (κ3) is 4.62. The summed E-state index contributed by atoms with van der Waals surface area (Å²) in [6.45, 7) is 2.47. The number of anilines is 3. The molecule has 1 aliphatic carbocycles. The quantitative estimate of drug-likeness (QED) is 0.366. The molecule has 0 spiro atoms. The van der Waals surface area contributed by atoms with Gasteiger partial charge in [0.1, 0.15) is 35.6 Å². The maximum atomic E-state index is 9.78. The van der Waals surface area contributed by atoms with Crippen LogP contribution in [-0.4, -0.2) is 44.3 Å². The van der Waals surface area contributed by atoms with E-state index in [1.807, 2.05) is 48.7 Å². The lowest BCUT2D eigenvalue weighted by Crippen LogP contribution is -2.19. The van der Waals surface area contributed by atoms with E-state index in [4.69, 9.17) is 9.47 Å². The van der Waals surface area contributed by atoms with Gasteiger partial charge in [-0.05, 0) is 55.3 Å². The van der Waals surface area contributed by atoms with Crippen molar-refractivity contribution in [1.82, 2.24) is 15.0 Å². The number of hydrogen-bond donors (Lipinski definition) is 3. The lowest BCUT2D eigenvalue weighted by molar-refractivity contribution is 0.148. The van der Waals surface area contributed by atoms with E-state index >= 15 is 0 Å². The summed E-state index contributed by atoms with van der Waals surface area (Å²) >= 11 is 1.58. The Bertz CT molecular complexity index is 1390. The molecule has 1 saturated carbocycles. The van der Waals surface area contributed by atoms with Gasteiger partial charge in [-0.3, -0.25) is 0 Å². The van der Waals surface area contributed by atoms with E-state index in [9.17, 15) is 5.11 Å². The van der Waals surface area contributed by atoms with E-state index in [1.165, 1.54) is 0 Å². The molecular weight excluding hydrogens is 464 g/mol. The van der Waals surface area contributed by atoms with Gasteiger partial charge in [0.15, 0.2) is 0 Å². The molecule has 0 radical (unpaired) electrons. The summed E-state index contributed by atoms with van der Waals surface area (Å²) in [4.78, 5) is 17.7. The molecule has 178 valence electrons. The molecule has 3 heterocycles. The van der Waals surface area contributed by atoms with E-state index in [2.05, 4.69) is 30.6 Å². The van der Waals surface area contributed by atoms with E-state index < -0.39 is 0 Å². The topological polar surface area (TPSA) is 114 Å². The number of aliphatic hydroxyl groups excluding tert-OH is 1. The number of nitrogens with one attached hydrogen (secondary N) is 2. The van der Waals surface area contributed by atoms with Crippen LogP contribution in [0.2, 0.25) is 0 Å². The zero-order chi connectivity index (χ0) is 23.8. The van der Waals surface area contributed by atoms with Crippen LogP contribution in [0.4, 0.5) is 17.2 Å². The molecule has 0 amide bonds. The molecule has 3 N–H and O–H groups in total. The number of aryl methyl sites for hydroxylation is 1. The Hall–Kier alpha value is -3.76. The van der Waals surface area contributed by atoms with E-state index in [1.54, 1.807) is 23.9 Å². The first-order valence-electron chi connectivity index (χ1n) is 11.4. The van der Waals surface area contributed by atoms with Crippen LogP contribution in [0.25, 0.3) is 10.9 Å². The highest BCUT2D eigenvalue weighted by molar-refractivity contribution is 7.09. The number of amidine groups is 1. The van der Waals surface area contributed by atoms with Gasteiger partial charge in [0.05, 0.1) is 17.7 Å². The second kappa shape index (κ2) is 9.12. The Labute approximate surface area is 205 Å². The van der Waals surface area contributed by atoms with Gasteiger partial charge in [-0.15, -0.1) is 11.3 Å². The molecule has 1 fully saturated rings. The van der Waals surface area contributed by atoms with Crippen LogP contribution < -0.4 is 15.4 Å². The lowest BCUT2D eigenvalue weighted by Gasteiger charge is -2.13. The van der Waals surface area contributed by atoms with Gasteiger partial charge in [0.2, 0.25) is 0 Å². The van der Waals surface area contributed by atoms with Crippen molar-refractivity contribution in [3.8, 4) is 5.75 Å². The van der Waals surface area contributed by atoms with Crippen molar-refractivity contribution >= 4 is 45.5 Å². The first kappa shape index (κ1) is 21.8. The molecule has 4 aromatic rings. The van der Waals surface area contributed by atoms with Gasteiger partial charge in [-0.2, -0.15) is 0 Å². The third-order valence-corrected chi connectivity index (χ3v) is 6.91. The molecule has 3 atom stereocenters. The third-order valence-electron chi connectivity index (χ3n) is 6.15. The molecule has 2 aliphatic rings. The molecular formula is C25H24N6O3S. The minimum absolute atomic E-state index is 0.0188. The van der Waals surface area contributed by atoms with Crippen molar-refractivity contribution in [3.05, 3.63) is 64.9 Å². The zero-order valence-corrected chi connectivity index (χ0v) is 19.8. The molecule has 0 saturated heterocycles. The fourth-order valence-corrected chi connectivity index (χ4v) is 4.98. The summed E-state index contributed by atoms with van der Waals surface area (Å²) in [7, 11) is 0. The molecule has 10 heteroatoms. The predicted octanol–water partition coefficient (Wildman–Crippen LogP) is 4.41. The van der Waals surface area contributed by atoms with Crippen LogP contribution in [0.3, 0.4) is 0 Å². The minimum Gasteiger partial charge on any atom is -0.486 e. The number of benzene rings is 2. The van der Waals surface area contributed by atoms with Gasteiger partial charge in [0.25, 0.3) is 6.02 Å². The highest BCUT2D eigenvalue weighted by Crippen LogP contribution is 2.32. The number of thiazole rings is 1. The fraction of sp³-hybridized carbons (Fsp3) is 0.280. The van der Waals surface area contributed by atoms with E-state index in [0.717, 1.165) is 38.6 Å². The summed E-state index contributed by atoms with van der Waals surface area (Å²) in [5.41, 5.74) is 3.57. The Kier molecular flexibility index (Phi) is 5.67. The van der Waals surface area contributed by atoms with Gasteiger partial charge < -0.3 is 25.2 Å². The molecule has 2 aromatic carbocycles. The highest BCUT2D eigenvalue weighted by atomic mass is 32.1. The van der Waals surface area contributed by atoms with E-state index in [-0.39, 0.29) is 18.2 Å². The SMILES string of the molecule is Cc1cc(Nc2ncnc3ccc(NC4=N[C@@H]5C[C@@H](O)C[C@@H]5O4)cc23)ccc1OCc1nccs1. The summed E-state index contributed by atoms with van der Waals surface area (Å²) in [5, 5.41) is 20.2. The maximum absolute atomic E-state index is 9.78. The smallest absolute Gasteiger partial charge is 0.289 e. The van der Waals surface area contributed by atoms with Crippen LogP contribution in [0.5, 0.6) is 5.75 Å². The Balaban J connectivity index is 1.19. The first-order valence-corrected chi connectivity index (χ1v) is 12.3. The lowest BCUT2D eigenvalue weighted by atomic mass is 10.1. The Morgan fingerprint density at radius 1 is 1.09 bits per heavy atom. The van der Waals surface area contributed by atoms with Gasteiger partial charge >= 0.3 is 0 Å². The number of nitrogens with zero attached hydrogens (tertiary/aromatic N) is 4. The molecule has 9 nitrogen and oxygen atoms in total. The van der Waals surface area contributed by atoms with Gasteiger partial charge in [0, 0.05) is 34.8 Å². The largest absolute Gasteiger partial charge is 0.486 e. The summed E-state index contributed by atoms with van der Waals surface area (Å²) in [5.74, 6) is 1.52. The summed E-state index contributed by atoms with van der Waals surface area (Å²) < 4.78 is 11.8. The van der Waals surface area contributed by atoms with Crippen LogP contribution in [-0.2, 0) is 11.3 Å². The standard InChI is InChI=1S/C25H24N6O3S/c1-14-8-15(3-5-21(14)33-12-23-26-6-7-35-23)29-24-18-9-16(2-4-19(18)27-13-28-24)30-25-31-20-10-17(32)11-22(20)34-25/h2-9,13,17,20,22,32H,10-12H2,1H3,(H,30,31)(H,27,28,29)/t17-,20-,22+/m1/s1. The molecule has 0 unspecified atom stereocenters. The number of hydrogen-bond acceptors (Lipinski definition) is 10. The second-order valence-corrected chi connectivity index (χ2v) is 9.66. The minimum atomic E-state index is -0.330. The molecule has 1 aliphatic heterocycles. The van der Waals surface area contributed by atoms with Crippen LogP contribution in [0, 0.1) is 6.92 Å². The van der Waals surface area contributed by atoms with Crippen molar-refractivity contribution in [2.75, 3.05) is 10.6 Å². The number of aliphatic imine (C=N–C) groups is 1. The average molecular weight is 489 g/mol. The van der Waals surface area contributed by atoms with Crippen LogP contribution >= 0.6 is 11.3 Å². The number of aliphatic hydroxyl groups is 1. The van der Waals surface area contributed by atoms with Crippen LogP contribution in [0.15, 0.2) is 59.3 Å². The van der Waals surface area contributed by atoms with Crippen molar-refractivity contribution in [2.24, 2.45) is 4.99 Å². The molecule has 0 bridgehead atoms. The van der Waals surface area contributed by atoms with Crippen molar-refractivity contribution in [2.45, 2.75) is 44.6 Å². The van der Waals surface area contributed by atoms with Crippen molar-refractivity contribution < 1.29 is 14.6 Å². The van der Waals surface area contributed by atoms with Gasteiger partial charge in [-0.1, -0.05) is 0 Å². The summed E-state index contributed by atoms with van der Waals surface area (Å²) in [6, 6.07) is 12.3. The molecule has 35 heavy (non-hydrogen) atoms. The molecule has 6 rings (SSSR count). The molecule has 2 aromatic heterocycles. The number of ether oxygens (including phenoxy) is 2. The predicted molar refractivity (Wildman–Crippen MR) is 135 cm³/mol. The average Bonchev–Trinajstić information content (AvgIpc) is 3.56. The number of aromatic nitrogens is 3. The zero-order valence-electron chi connectivity index (χ0n) is 19.0. The number of rotatable bonds is 6. The second-order valence-electron chi connectivity index (χ2n) is 8.68.